The van der Waals surface area contributed by atoms with E-state index >= 15 is 0 Å². The first kappa shape index (κ1) is 8.30. The highest BCUT2D eigenvalue weighted by Crippen LogP contribution is 2.51. The zero-order chi connectivity index (χ0) is 10.1. The van der Waals surface area contributed by atoms with Gasteiger partial charge in [-0.1, -0.05) is 0 Å². The van der Waals surface area contributed by atoms with Crippen molar-refractivity contribution in [1.29, 1.82) is 0 Å². The molecule has 3 aliphatic rings. The molecule has 2 fully saturated rings. The minimum absolute atomic E-state index is 0.0611. The first-order valence-electron chi connectivity index (χ1n) is 5.66. The maximum Gasteiger partial charge on any atom is 0.135 e. The smallest absolute Gasteiger partial charge is 0.135 e. The summed E-state index contributed by atoms with van der Waals surface area (Å²) in [6.45, 7) is 4.87. The van der Waals surface area contributed by atoms with Gasteiger partial charge in [0.1, 0.15) is 5.60 Å². The minimum atomic E-state index is -0.0611. The Morgan fingerprint density at radius 3 is 2.87 bits per heavy atom. The van der Waals surface area contributed by atoms with E-state index in [0.29, 0.717) is 0 Å². The summed E-state index contributed by atoms with van der Waals surface area (Å²) < 4.78 is 8.38. The van der Waals surface area contributed by atoms with E-state index in [9.17, 15) is 0 Å². The Balaban J connectivity index is 1.93. The zero-order valence-electron chi connectivity index (χ0n) is 8.92. The summed E-state index contributed by atoms with van der Waals surface area (Å²) in [6.07, 6.45) is 4.44. The Kier molecular flexibility index (Phi) is 1.26. The summed E-state index contributed by atoms with van der Waals surface area (Å²) in [6, 6.07) is 0. The molecule has 3 heterocycles. The fourth-order valence-electron chi connectivity index (χ4n) is 2.87. The van der Waals surface area contributed by atoms with E-state index in [1.165, 1.54) is 24.1 Å². The lowest BCUT2D eigenvalue weighted by molar-refractivity contribution is -0.130. The van der Waals surface area contributed by atoms with Gasteiger partial charge in [-0.2, -0.15) is 5.10 Å². The number of ether oxygens (including phenoxy) is 1. The third-order valence-corrected chi connectivity index (χ3v) is 4.10. The fraction of sp³-hybridized carbons (Fsp3) is 0.727. The molecule has 0 unspecified atom stereocenters. The summed E-state index contributed by atoms with van der Waals surface area (Å²) in [5, 5.41) is 7.87. The Morgan fingerprint density at radius 2 is 2.27 bits per heavy atom. The van der Waals surface area contributed by atoms with E-state index in [0.717, 1.165) is 19.7 Å². The Labute approximate surface area is 88.6 Å². The first-order valence-corrected chi connectivity index (χ1v) is 5.66. The lowest BCUT2D eigenvalue weighted by Gasteiger charge is -2.47. The highest BCUT2D eigenvalue weighted by molar-refractivity contribution is 5.31. The molecular formula is C11H15N3O. The number of nitrogens with zero attached hydrogens (tertiary/aromatic N) is 2. The maximum atomic E-state index is 6.12. The first-order chi connectivity index (χ1) is 7.26. The van der Waals surface area contributed by atoms with Gasteiger partial charge in [-0.25, -0.2) is 0 Å². The van der Waals surface area contributed by atoms with Crippen molar-refractivity contribution in [2.75, 3.05) is 19.7 Å². The van der Waals surface area contributed by atoms with E-state index in [4.69, 9.17) is 4.74 Å². The van der Waals surface area contributed by atoms with E-state index in [1.54, 1.807) is 0 Å². The van der Waals surface area contributed by atoms with Crippen LogP contribution in [0.15, 0.2) is 6.20 Å². The van der Waals surface area contributed by atoms with Gasteiger partial charge >= 0.3 is 0 Å². The number of aryl methyl sites for hydroxylation is 1. The molecule has 80 valence electrons. The van der Waals surface area contributed by atoms with Crippen LogP contribution >= 0.6 is 0 Å². The van der Waals surface area contributed by atoms with Crippen LogP contribution in [-0.2, 0) is 15.9 Å². The van der Waals surface area contributed by atoms with Gasteiger partial charge in [0, 0.05) is 13.1 Å². The van der Waals surface area contributed by atoms with Gasteiger partial charge in [0.05, 0.1) is 24.0 Å². The Bertz CT molecular complexity index is 429. The van der Waals surface area contributed by atoms with Crippen LogP contribution in [0.3, 0.4) is 0 Å². The molecule has 0 radical (unpaired) electrons. The molecule has 0 atom stereocenters. The van der Waals surface area contributed by atoms with Gasteiger partial charge in [0.25, 0.3) is 0 Å². The lowest BCUT2D eigenvalue weighted by Crippen LogP contribution is -2.63. The number of fused-ring (bicyclic) bond motifs is 3. The van der Waals surface area contributed by atoms with Gasteiger partial charge in [-0.15, -0.1) is 0 Å². The molecule has 1 saturated heterocycles. The Morgan fingerprint density at radius 1 is 1.47 bits per heavy atom. The molecule has 2 spiro atoms. The average Bonchev–Trinajstić information content (AvgIpc) is 2.84. The Hall–Kier alpha value is -0.870. The van der Waals surface area contributed by atoms with Gasteiger partial charge in [-0.05, 0) is 25.3 Å². The van der Waals surface area contributed by atoms with Gasteiger partial charge < -0.3 is 10.1 Å². The van der Waals surface area contributed by atoms with Crippen LogP contribution in [0.25, 0.3) is 0 Å². The monoisotopic (exact) mass is 205 g/mol. The number of nitrogens with one attached hydrogen (secondary N) is 1. The lowest BCUT2D eigenvalue weighted by atomic mass is 9.88. The molecule has 0 bridgehead atoms. The van der Waals surface area contributed by atoms with Crippen molar-refractivity contribution >= 4 is 0 Å². The van der Waals surface area contributed by atoms with E-state index in [1.807, 2.05) is 6.20 Å². The summed E-state index contributed by atoms with van der Waals surface area (Å²) in [5.74, 6) is 0. The van der Waals surface area contributed by atoms with Crippen molar-refractivity contribution < 1.29 is 4.74 Å². The van der Waals surface area contributed by atoms with Gasteiger partial charge in [-0.3, -0.25) is 4.68 Å². The van der Waals surface area contributed by atoms with Crippen LogP contribution < -0.4 is 5.32 Å². The quantitative estimate of drug-likeness (QED) is 0.670. The standard InChI is InChI=1S/C11H15N3O/c1-8-4-13-14-9(8)11(5-12-6-11)15-7-10(14)2-3-10/h4,12H,2-3,5-7H2,1H3. The van der Waals surface area contributed by atoms with Crippen molar-refractivity contribution in [1.82, 2.24) is 15.1 Å². The number of aromatic nitrogens is 2. The summed E-state index contributed by atoms with van der Waals surface area (Å²) in [7, 11) is 0. The van der Waals surface area contributed by atoms with Crippen LogP contribution in [0.2, 0.25) is 0 Å². The third-order valence-electron chi connectivity index (χ3n) is 4.10. The van der Waals surface area contributed by atoms with Crippen LogP contribution in [-0.4, -0.2) is 29.5 Å². The molecule has 4 rings (SSSR count). The van der Waals surface area contributed by atoms with Gasteiger partial charge in [0.2, 0.25) is 0 Å². The predicted molar refractivity (Wildman–Crippen MR) is 54.7 cm³/mol. The molecule has 4 nitrogen and oxygen atoms in total. The van der Waals surface area contributed by atoms with Crippen molar-refractivity contribution in [3.63, 3.8) is 0 Å². The van der Waals surface area contributed by atoms with E-state index < -0.39 is 0 Å². The largest absolute Gasteiger partial charge is 0.363 e. The maximum absolute atomic E-state index is 6.12. The molecule has 1 aliphatic carbocycles. The van der Waals surface area contributed by atoms with E-state index in [2.05, 4.69) is 22.0 Å². The molecule has 0 aromatic carbocycles. The topological polar surface area (TPSA) is 39.1 Å². The average molecular weight is 205 g/mol. The second-order valence-corrected chi connectivity index (χ2v) is 5.20. The van der Waals surface area contributed by atoms with Crippen LogP contribution in [0.1, 0.15) is 24.1 Å². The van der Waals surface area contributed by atoms with Gasteiger partial charge in [0.15, 0.2) is 0 Å². The van der Waals surface area contributed by atoms with Crippen molar-refractivity contribution in [2.24, 2.45) is 0 Å². The summed E-state index contributed by atoms with van der Waals surface area (Å²) in [5.41, 5.74) is 2.77. The number of rotatable bonds is 0. The zero-order valence-corrected chi connectivity index (χ0v) is 8.92. The fourth-order valence-corrected chi connectivity index (χ4v) is 2.87. The molecule has 15 heavy (non-hydrogen) atoms. The summed E-state index contributed by atoms with van der Waals surface area (Å²) >= 11 is 0. The molecule has 4 heteroatoms. The third kappa shape index (κ3) is 0.835. The molecule has 2 aliphatic heterocycles. The van der Waals surface area contributed by atoms with Crippen LogP contribution in [0, 0.1) is 6.92 Å². The second kappa shape index (κ2) is 2.28. The summed E-state index contributed by atoms with van der Waals surface area (Å²) in [4.78, 5) is 0. The van der Waals surface area contributed by atoms with E-state index in [-0.39, 0.29) is 11.1 Å². The number of hydrogen-bond donors (Lipinski definition) is 1. The van der Waals surface area contributed by atoms with Crippen molar-refractivity contribution in [3.8, 4) is 0 Å². The minimum Gasteiger partial charge on any atom is -0.363 e. The number of hydrogen-bond acceptors (Lipinski definition) is 3. The van der Waals surface area contributed by atoms with Crippen LogP contribution in [0.4, 0.5) is 0 Å². The highest BCUT2D eigenvalue weighted by Gasteiger charge is 2.57. The normalized spacial score (nSPS) is 28.9. The van der Waals surface area contributed by atoms with Crippen molar-refractivity contribution in [3.05, 3.63) is 17.5 Å². The molecular weight excluding hydrogens is 190 g/mol. The molecule has 1 saturated carbocycles. The predicted octanol–water partition coefficient (Wildman–Crippen LogP) is 0.509. The highest BCUT2D eigenvalue weighted by atomic mass is 16.5. The molecule has 1 aromatic rings. The molecule has 1 N–H and O–H groups in total. The molecule has 1 aromatic heterocycles. The van der Waals surface area contributed by atoms with Crippen molar-refractivity contribution in [2.45, 2.75) is 30.9 Å². The second-order valence-electron chi connectivity index (χ2n) is 5.20. The molecule has 0 amide bonds. The SMILES string of the molecule is Cc1cnn2c1C1(CNC1)OCC21CC1. The van der Waals surface area contributed by atoms with Crippen LogP contribution in [0.5, 0.6) is 0 Å².